The Bertz CT molecular complexity index is 1360. The normalized spacial score (nSPS) is 10.7. The number of hydrogen-bond acceptors (Lipinski definition) is 1. The molecule has 0 saturated carbocycles. The first-order valence-corrected chi connectivity index (χ1v) is 11.9. The van der Waals surface area contributed by atoms with Gasteiger partial charge in [0, 0.05) is 30.5 Å². The van der Waals surface area contributed by atoms with Crippen LogP contribution in [0, 0.1) is 0 Å². The molecule has 1 heterocycles. The quantitative estimate of drug-likeness (QED) is 0.246. The molecule has 0 spiro atoms. The first-order chi connectivity index (χ1) is 17.3. The Balaban J connectivity index is 1.40. The van der Waals surface area contributed by atoms with Gasteiger partial charge in [-0.05, 0) is 46.5 Å². The molecule has 5 rings (SSSR count). The fourth-order valence-electron chi connectivity index (χ4n) is 4.34. The first-order valence-electron chi connectivity index (χ1n) is 11.9. The highest BCUT2D eigenvalue weighted by Crippen LogP contribution is 2.21. The number of rotatable bonds is 8. The minimum absolute atomic E-state index is 0.0286. The van der Waals surface area contributed by atoms with E-state index in [1.165, 1.54) is 5.56 Å². The van der Waals surface area contributed by atoms with Gasteiger partial charge in [0.15, 0.2) is 0 Å². The summed E-state index contributed by atoms with van der Waals surface area (Å²) in [6, 6.07) is 42.9. The van der Waals surface area contributed by atoms with Crippen molar-refractivity contribution in [3.63, 3.8) is 0 Å². The number of aromatic nitrogens is 1. The van der Waals surface area contributed by atoms with E-state index in [4.69, 9.17) is 0 Å². The zero-order valence-corrected chi connectivity index (χ0v) is 19.6. The van der Waals surface area contributed by atoms with Crippen molar-refractivity contribution in [1.29, 1.82) is 0 Å². The van der Waals surface area contributed by atoms with Crippen molar-refractivity contribution in [3.8, 4) is 11.1 Å². The van der Waals surface area contributed by atoms with Gasteiger partial charge in [0.05, 0.1) is 6.54 Å². The van der Waals surface area contributed by atoms with Crippen LogP contribution in [0.3, 0.4) is 0 Å². The van der Waals surface area contributed by atoms with Gasteiger partial charge in [-0.1, -0.05) is 103 Å². The van der Waals surface area contributed by atoms with Crippen LogP contribution in [0.15, 0.2) is 134 Å². The molecule has 0 saturated heterocycles. The number of carbonyl (C=O) groups excluding carboxylic acids is 1. The van der Waals surface area contributed by atoms with Gasteiger partial charge >= 0.3 is 0 Å². The Morgan fingerprint density at radius 1 is 0.571 bits per heavy atom. The standard InChI is InChI=1S/C32H28N2O/c35-32(30-20-18-29(19-21-30)28-15-8-3-9-16-28)34(24-27-13-6-2-7-14-27)25-31-17-10-22-33(31)23-26-11-4-1-5-12-26/h1-22H,23-25H2. The van der Waals surface area contributed by atoms with Gasteiger partial charge in [-0.3, -0.25) is 4.79 Å². The van der Waals surface area contributed by atoms with Crippen LogP contribution in [-0.2, 0) is 19.6 Å². The molecule has 172 valence electrons. The SMILES string of the molecule is O=C(c1ccc(-c2ccccc2)cc1)N(Cc1ccccc1)Cc1cccn1Cc1ccccc1. The van der Waals surface area contributed by atoms with E-state index in [0.29, 0.717) is 18.7 Å². The molecule has 0 fully saturated rings. The molecule has 0 radical (unpaired) electrons. The Morgan fingerprint density at radius 3 is 1.80 bits per heavy atom. The number of hydrogen-bond donors (Lipinski definition) is 0. The van der Waals surface area contributed by atoms with Gasteiger partial charge in [-0.15, -0.1) is 0 Å². The second-order valence-corrected chi connectivity index (χ2v) is 8.70. The van der Waals surface area contributed by atoms with Crippen molar-refractivity contribution in [1.82, 2.24) is 9.47 Å². The summed E-state index contributed by atoms with van der Waals surface area (Å²) in [6.45, 7) is 1.87. The Hall–Kier alpha value is -4.37. The summed E-state index contributed by atoms with van der Waals surface area (Å²) in [7, 11) is 0. The molecule has 0 aliphatic rings. The van der Waals surface area contributed by atoms with Crippen LogP contribution >= 0.6 is 0 Å². The Kier molecular flexibility index (Phi) is 6.86. The second kappa shape index (κ2) is 10.7. The van der Waals surface area contributed by atoms with E-state index in [1.54, 1.807) is 0 Å². The lowest BCUT2D eigenvalue weighted by Crippen LogP contribution is -2.31. The van der Waals surface area contributed by atoms with E-state index in [0.717, 1.165) is 28.9 Å². The third-order valence-electron chi connectivity index (χ3n) is 6.21. The molecule has 0 aliphatic heterocycles. The lowest BCUT2D eigenvalue weighted by Gasteiger charge is -2.24. The lowest BCUT2D eigenvalue weighted by molar-refractivity contribution is 0.0726. The topological polar surface area (TPSA) is 25.2 Å². The maximum Gasteiger partial charge on any atom is 0.254 e. The largest absolute Gasteiger partial charge is 0.345 e. The first kappa shape index (κ1) is 22.4. The maximum atomic E-state index is 13.7. The molecule has 3 nitrogen and oxygen atoms in total. The molecular weight excluding hydrogens is 428 g/mol. The molecule has 1 amide bonds. The van der Waals surface area contributed by atoms with Gasteiger partial charge in [0.25, 0.3) is 5.91 Å². The van der Waals surface area contributed by atoms with Crippen LogP contribution in [0.2, 0.25) is 0 Å². The summed E-state index contributed by atoms with van der Waals surface area (Å²) in [4.78, 5) is 15.6. The number of amides is 1. The fraction of sp³-hybridized carbons (Fsp3) is 0.0938. The zero-order chi connectivity index (χ0) is 23.9. The summed E-state index contributed by atoms with van der Waals surface area (Å²) in [5.74, 6) is 0.0286. The molecule has 35 heavy (non-hydrogen) atoms. The average Bonchev–Trinajstić information content (AvgIpc) is 3.36. The summed E-state index contributed by atoms with van der Waals surface area (Å²) in [6.07, 6.45) is 2.09. The number of carbonyl (C=O) groups is 1. The van der Waals surface area contributed by atoms with Gasteiger partial charge < -0.3 is 9.47 Å². The number of benzene rings is 4. The minimum atomic E-state index is 0.0286. The van der Waals surface area contributed by atoms with E-state index in [1.807, 2.05) is 71.6 Å². The maximum absolute atomic E-state index is 13.7. The van der Waals surface area contributed by atoms with Gasteiger partial charge in [-0.25, -0.2) is 0 Å². The highest BCUT2D eigenvalue weighted by Gasteiger charge is 2.18. The molecule has 0 N–H and O–H groups in total. The molecule has 0 bridgehead atoms. The van der Waals surface area contributed by atoms with Crippen molar-refractivity contribution in [2.75, 3.05) is 0 Å². The zero-order valence-electron chi connectivity index (χ0n) is 19.6. The van der Waals surface area contributed by atoms with Crippen LogP contribution in [0.4, 0.5) is 0 Å². The Labute approximate surface area is 206 Å². The molecule has 4 aromatic carbocycles. The van der Waals surface area contributed by atoms with E-state index in [-0.39, 0.29) is 5.91 Å². The van der Waals surface area contributed by atoms with Crippen LogP contribution in [-0.4, -0.2) is 15.4 Å². The van der Waals surface area contributed by atoms with Gasteiger partial charge in [0.2, 0.25) is 0 Å². The molecule has 5 aromatic rings. The van der Waals surface area contributed by atoms with Gasteiger partial charge in [0.1, 0.15) is 0 Å². The third kappa shape index (κ3) is 5.59. The van der Waals surface area contributed by atoms with E-state index < -0.39 is 0 Å². The molecule has 0 unspecified atom stereocenters. The second-order valence-electron chi connectivity index (χ2n) is 8.70. The summed E-state index contributed by atoms with van der Waals surface area (Å²) < 4.78 is 2.22. The van der Waals surface area contributed by atoms with E-state index >= 15 is 0 Å². The van der Waals surface area contributed by atoms with Crippen molar-refractivity contribution >= 4 is 5.91 Å². The summed E-state index contributed by atoms with van der Waals surface area (Å²) in [5.41, 5.74) is 6.41. The predicted molar refractivity (Wildman–Crippen MR) is 142 cm³/mol. The monoisotopic (exact) mass is 456 g/mol. The van der Waals surface area contributed by atoms with Gasteiger partial charge in [-0.2, -0.15) is 0 Å². The van der Waals surface area contributed by atoms with E-state index in [9.17, 15) is 4.79 Å². The van der Waals surface area contributed by atoms with Crippen molar-refractivity contribution < 1.29 is 4.79 Å². The minimum Gasteiger partial charge on any atom is -0.345 e. The highest BCUT2D eigenvalue weighted by molar-refractivity contribution is 5.94. The average molecular weight is 457 g/mol. The predicted octanol–water partition coefficient (Wildman–Crippen LogP) is 7.05. The van der Waals surface area contributed by atoms with Crippen molar-refractivity contribution in [3.05, 3.63) is 156 Å². The van der Waals surface area contributed by atoms with Crippen molar-refractivity contribution in [2.24, 2.45) is 0 Å². The molecule has 0 atom stereocenters. The van der Waals surface area contributed by atoms with Crippen molar-refractivity contribution in [2.45, 2.75) is 19.6 Å². The summed E-state index contributed by atoms with van der Waals surface area (Å²) >= 11 is 0. The van der Waals surface area contributed by atoms with Crippen LogP contribution in [0.25, 0.3) is 11.1 Å². The molecule has 1 aromatic heterocycles. The summed E-state index contributed by atoms with van der Waals surface area (Å²) in [5, 5.41) is 0. The number of nitrogens with zero attached hydrogens (tertiary/aromatic N) is 2. The fourth-order valence-corrected chi connectivity index (χ4v) is 4.34. The molecular formula is C32H28N2O. The highest BCUT2D eigenvalue weighted by atomic mass is 16.2. The molecule has 3 heteroatoms. The molecule has 0 aliphatic carbocycles. The smallest absolute Gasteiger partial charge is 0.254 e. The van der Waals surface area contributed by atoms with Crippen LogP contribution < -0.4 is 0 Å². The van der Waals surface area contributed by atoms with Crippen LogP contribution in [0.1, 0.15) is 27.2 Å². The third-order valence-corrected chi connectivity index (χ3v) is 6.21. The van der Waals surface area contributed by atoms with E-state index in [2.05, 4.69) is 71.4 Å². The lowest BCUT2D eigenvalue weighted by atomic mass is 10.0. The van der Waals surface area contributed by atoms with Crippen LogP contribution in [0.5, 0.6) is 0 Å². The Morgan fingerprint density at radius 2 is 1.14 bits per heavy atom.